The Morgan fingerprint density at radius 2 is 1.89 bits per heavy atom. The molecular weight excluding hydrogens is 380 g/mol. The number of nitrogens with zero attached hydrogens (tertiary/aromatic N) is 1. The molecule has 0 saturated carbocycles. The molecule has 1 aliphatic heterocycles. The van der Waals surface area contributed by atoms with Crippen molar-refractivity contribution >= 4 is 17.5 Å². The number of hydrogen-bond acceptors (Lipinski definition) is 5. The number of carbonyl (C=O) groups excluding carboxylic acids is 1. The van der Waals surface area contributed by atoms with Crippen LogP contribution in [0.4, 0.5) is 0 Å². The van der Waals surface area contributed by atoms with Crippen molar-refractivity contribution in [2.75, 3.05) is 47.1 Å². The fraction of sp³-hybridized carbons (Fsp3) is 0.381. The Morgan fingerprint density at radius 3 is 2.54 bits per heavy atom. The van der Waals surface area contributed by atoms with Gasteiger partial charge in [-0.25, -0.2) is 0 Å². The summed E-state index contributed by atoms with van der Waals surface area (Å²) in [6.07, 6.45) is 0. The molecule has 2 aromatic carbocycles. The molecule has 1 unspecified atom stereocenters. The van der Waals surface area contributed by atoms with Crippen LogP contribution in [0.2, 0.25) is 5.02 Å². The SMILES string of the molecule is COc1cc(C(=O)NCC(c2ccccc2)N2CCOCC2)cc(Cl)c1OC. The third-order valence-electron chi connectivity index (χ3n) is 4.82. The zero-order valence-electron chi connectivity index (χ0n) is 16.1. The van der Waals surface area contributed by atoms with Gasteiger partial charge in [0.1, 0.15) is 0 Å². The maximum atomic E-state index is 12.8. The molecule has 1 N–H and O–H groups in total. The fourth-order valence-corrected chi connectivity index (χ4v) is 3.65. The van der Waals surface area contributed by atoms with Gasteiger partial charge in [0, 0.05) is 25.2 Å². The second kappa shape index (κ2) is 9.78. The van der Waals surface area contributed by atoms with Crippen LogP contribution in [0.3, 0.4) is 0 Å². The van der Waals surface area contributed by atoms with E-state index in [1.165, 1.54) is 14.2 Å². The van der Waals surface area contributed by atoms with E-state index in [0.29, 0.717) is 41.8 Å². The monoisotopic (exact) mass is 404 g/mol. The number of morpholine rings is 1. The first-order valence-electron chi connectivity index (χ1n) is 9.20. The minimum absolute atomic E-state index is 0.0738. The van der Waals surface area contributed by atoms with E-state index in [-0.39, 0.29) is 11.9 Å². The first kappa shape index (κ1) is 20.5. The van der Waals surface area contributed by atoms with Gasteiger partial charge in [-0.2, -0.15) is 0 Å². The summed E-state index contributed by atoms with van der Waals surface area (Å²) in [7, 11) is 3.02. The first-order chi connectivity index (χ1) is 13.6. The second-order valence-electron chi connectivity index (χ2n) is 6.48. The Labute approximate surface area is 170 Å². The average molecular weight is 405 g/mol. The number of hydrogen-bond donors (Lipinski definition) is 1. The molecule has 0 aliphatic carbocycles. The number of rotatable bonds is 7. The van der Waals surface area contributed by atoms with Gasteiger partial charge in [0.15, 0.2) is 11.5 Å². The Hall–Kier alpha value is -2.28. The lowest BCUT2D eigenvalue weighted by Gasteiger charge is -2.35. The third kappa shape index (κ3) is 4.76. The highest BCUT2D eigenvalue weighted by Crippen LogP contribution is 2.36. The lowest BCUT2D eigenvalue weighted by atomic mass is 10.0. The van der Waals surface area contributed by atoms with Crippen molar-refractivity contribution in [1.82, 2.24) is 10.2 Å². The van der Waals surface area contributed by atoms with Crippen LogP contribution in [0.15, 0.2) is 42.5 Å². The quantitative estimate of drug-likeness (QED) is 0.768. The number of amides is 1. The molecule has 0 aromatic heterocycles. The van der Waals surface area contributed by atoms with Crippen molar-refractivity contribution in [3.8, 4) is 11.5 Å². The van der Waals surface area contributed by atoms with Gasteiger partial charge >= 0.3 is 0 Å². The van der Waals surface area contributed by atoms with Crippen molar-refractivity contribution in [1.29, 1.82) is 0 Å². The number of nitrogens with one attached hydrogen (secondary N) is 1. The van der Waals surface area contributed by atoms with Crippen LogP contribution in [0, 0.1) is 0 Å². The molecule has 150 valence electrons. The Kier molecular flexibility index (Phi) is 7.14. The lowest BCUT2D eigenvalue weighted by Crippen LogP contribution is -2.43. The number of benzene rings is 2. The third-order valence-corrected chi connectivity index (χ3v) is 5.10. The summed E-state index contributed by atoms with van der Waals surface area (Å²) in [4.78, 5) is 15.1. The molecule has 0 radical (unpaired) electrons. The van der Waals surface area contributed by atoms with Crippen LogP contribution in [0.1, 0.15) is 22.0 Å². The van der Waals surface area contributed by atoms with Crippen molar-refractivity contribution in [3.63, 3.8) is 0 Å². The molecule has 2 aromatic rings. The van der Waals surface area contributed by atoms with Gasteiger partial charge in [-0.05, 0) is 17.7 Å². The summed E-state index contributed by atoms with van der Waals surface area (Å²) in [6.45, 7) is 3.54. The molecule has 1 fully saturated rings. The molecule has 7 heteroatoms. The highest BCUT2D eigenvalue weighted by molar-refractivity contribution is 6.32. The Bertz CT molecular complexity index is 794. The molecule has 3 rings (SSSR count). The van der Waals surface area contributed by atoms with Crippen LogP contribution >= 0.6 is 11.6 Å². The van der Waals surface area contributed by atoms with Gasteiger partial charge in [0.05, 0.1) is 38.5 Å². The van der Waals surface area contributed by atoms with Crippen molar-refractivity contribution in [3.05, 3.63) is 58.6 Å². The van der Waals surface area contributed by atoms with E-state index in [0.717, 1.165) is 18.7 Å². The summed E-state index contributed by atoms with van der Waals surface area (Å²) in [5.41, 5.74) is 1.59. The van der Waals surface area contributed by atoms with Crippen molar-refractivity contribution in [2.24, 2.45) is 0 Å². The summed E-state index contributed by atoms with van der Waals surface area (Å²) in [6, 6.07) is 13.5. The lowest BCUT2D eigenvalue weighted by molar-refractivity contribution is 0.0162. The molecular formula is C21H25ClN2O4. The highest BCUT2D eigenvalue weighted by Gasteiger charge is 2.24. The minimum atomic E-state index is -0.211. The van der Waals surface area contributed by atoms with E-state index in [4.69, 9.17) is 25.8 Å². The molecule has 1 atom stereocenters. The van der Waals surface area contributed by atoms with E-state index in [1.807, 2.05) is 18.2 Å². The number of carbonyl (C=O) groups is 1. The Balaban J connectivity index is 1.76. The predicted molar refractivity (Wildman–Crippen MR) is 108 cm³/mol. The van der Waals surface area contributed by atoms with Crippen LogP contribution in [0.25, 0.3) is 0 Å². The standard InChI is InChI=1S/C21H25ClN2O4/c1-26-19-13-16(12-17(22)20(19)27-2)21(25)23-14-18(15-6-4-3-5-7-15)24-8-10-28-11-9-24/h3-7,12-13,18H,8-11,14H2,1-2H3,(H,23,25). The molecule has 0 bridgehead atoms. The van der Waals surface area contributed by atoms with E-state index in [2.05, 4.69) is 22.3 Å². The maximum Gasteiger partial charge on any atom is 0.251 e. The van der Waals surface area contributed by atoms with Crippen LogP contribution in [0.5, 0.6) is 11.5 Å². The van der Waals surface area contributed by atoms with E-state index >= 15 is 0 Å². The van der Waals surface area contributed by atoms with Gasteiger partial charge in [0.2, 0.25) is 0 Å². The second-order valence-corrected chi connectivity index (χ2v) is 6.89. The van der Waals surface area contributed by atoms with Crippen molar-refractivity contribution in [2.45, 2.75) is 6.04 Å². The Morgan fingerprint density at radius 1 is 1.18 bits per heavy atom. The first-order valence-corrected chi connectivity index (χ1v) is 9.58. The molecule has 28 heavy (non-hydrogen) atoms. The molecule has 0 spiro atoms. The number of halogens is 1. The van der Waals surface area contributed by atoms with Crippen LogP contribution in [-0.4, -0.2) is 57.9 Å². The summed E-state index contributed by atoms with van der Waals surface area (Å²) < 4.78 is 16.0. The smallest absolute Gasteiger partial charge is 0.251 e. The molecule has 1 aliphatic rings. The molecule has 1 saturated heterocycles. The maximum absolute atomic E-state index is 12.8. The molecule has 1 amide bonds. The van der Waals surface area contributed by atoms with Gasteiger partial charge in [-0.3, -0.25) is 9.69 Å². The number of methoxy groups -OCH3 is 2. The van der Waals surface area contributed by atoms with E-state index in [9.17, 15) is 4.79 Å². The predicted octanol–water partition coefficient (Wildman–Crippen LogP) is 3.16. The largest absolute Gasteiger partial charge is 0.493 e. The zero-order chi connectivity index (χ0) is 19.9. The summed E-state index contributed by atoms with van der Waals surface area (Å²) in [5.74, 6) is 0.626. The topological polar surface area (TPSA) is 60.0 Å². The van der Waals surface area contributed by atoms with Crippen molar-refractivity contribution < 1.29 is 19.0 Å². The van der Waals surface area contributed by atoms with Gasteiger partial charge < -0.3 is 19.5 Å². The van der Waals surface area contributed by atoms with Gasteiger partial charge in [-0.15, -0.1) is 0 Å². The van der Waals surface area contributed by atoms with Gasteiger partial charge in [0.25, 0.3) is 5.91 Å². The number of ether oxygens (including phenoxy) is 3. The molecule has 1 heterocycles. The normalized spacial score (nSPS) is 15.7. The van der Waals surface area contributed by atoms with Crippen LogP contribution < -0.4 is 14.8 Å². The van der Waals surface area contributed by atoms with Crippen LogP contribution in [-0.2, 0) is 4.74 Å². The average Bonchev–Trinajstić information content (AvgIpc) is 2.74. The molecule has 6 nitrogen and oxygen atoms in total. The summed E-state index contributed by atoms with van der Waals surface area (Å²) >= 11 is 6.23. The van der Waals surface area contributed by atoms with E-state index < -0.39 is 0 Å². The van der Waals surface area contributed by atoms with E-state index in [1.54, 1.807) is 12.1 Å². The summed E-state index contributed by atoms with van der Waals surface area (Å²) in [5, 5.41) is 3.37. The minimum Gasteiger partial charge on any atom is -0.493 e. The fourth-order valence-electron chi connectivity index (χ4n) is 3.36. The van der Waals surface area contributed by atoms with Gasteiger partial charge in [-0.1, -0.05) is 41.9 Å². The zero-order valence-corrected chi connectivity index (χ0v) is 16.9. The highest BCUT2D eigenvalue weighted by atomic mass is 35.5.